The summed E-state index contributed by atoms with van der Waals surface area (Å²) >= 11 is 0. The highest BCUT2D eigenvalue weighted by molar-refractivity contribution is 6.71. The predicted octanol–water partition coefficient (Wildman–Crippen LogP) is 3.29. The van der Waals surface area contributed by atoms with E-state index >= 15 is 0 Å². The molecule has 0 radical (unpaired) electrons. The fourth-order valence-corrected chi connectivity index (χ4v) is 3.40. The van der Waals surface area contributed by atoms with Gasteiger partial charge in [0.15, 0.2) is 0 Å². The Hall–Kier alpha value is -2.10. The largest absolute Gasteiger partial charge is 0.496 e. The van der Waals surface area contributed by atoms with Crippen molar-refractivity contribution in [1.82, 2.24) is 9.38 Å². The minimum absolute atomic E-state index is 0.345. The highest BCUT2D eigenvalue weighted by Gasteiger charge is 2.30. The second-order valence-electron chi connectivity index (χ2n) is 6.11. The van der Waals surface area contributed by atoms with E-state index in [9.17, 15) is 0 Å². The smallest absolute Gasteiger partial charge is 0.304 e. The van der Waals surface area contributed by atoms with Gasteiger partial charge in [-0.2, -0.15) is 0 Å². The Bertz CT molecular complexity index is 761. The minimum Gasteiger partial charge on any atom is -0.496 e. The van der Waals surface area contributed by atoms with Gasteiger partial charge < -0.3 is 14.1 Å². The van der Waals surface area contributed by atoms with E-state index in [0.29, 0.717) is 6.85 Å². The summed E-state index contributed by atoms with van der Waals surface area (Å²) in [6.07, 6.45) is 4.31. The van der Waals surface area contributed by atoms with Crippen molar-refractivity contribution in [2.45, 2.75) is 27.6 Å². The van der Waals surface area contributed by atoms with Crippen molar-refractivity contribution in [3.05, 3.63) is 41.2 Å². The van der Waals surface area contributed by atoms with Crippen LogP contribution in [0, 0.1) is 20.8 Å². The molecular formula is C18H23BN2O. The Morgan fingerprint density at radius 1 is 1.05 bits per heavy atom. The summed E-state index contributed by atoms with van der Waals surface area (Å²) in [6, 6.07) is 6.30. The second-order valence-corrected chi connectivity index (χ2v) is 6.11. The average molecular weight is 294 g/mol. The first-order valence-electron chi connectivity index (χ1n) is 7.72. The fraction of sp³-hybridized carbons (Fsp3) is 0.333. The summed E-state index contributed by atoms with van der Waals surface area (Å²) in [5.74, 6) is 0.946. The first kappa shape index (κ1) is 14.8. The lowest BCUT2D eigenvalue weighted by Gasteiger charge is -2.27. The van der Waals surface area contributed by atoms with Crippen molar-refractivity contribution in [1.29, 1.82) is 0 Å². The molecule has 0 amide bonds. The van der Waals surface area contributed by atoms with Crippen molar-refractivity contribution < 1.29 is 4.74 Å². The number of hydrogen-bond acceptors (Lipinski definition) is 2. The Morgan fingerprint density at radius 2 is 1.77 bits per heavy atom. The predicted molar refractivity (Wildman–Crippen MR) is 95.0 cm³/mol. The molecule has 0 fully saturated rings. The van der Waals surface area contributed by atoms with Gasteiger partial charge in [0.2, 0.25) is 0 Å². The molecule has 0 unspecified atom stereocenters. The molecule has 22 heavy (non-hydrogen) atoms. The zero-order valence-electron chi connectivity index (χ0n) is 14.3. The van der Waals surface area contributed by atoms with Gasteiger partial charge >= 0.3 is 6.85 Å². The van der Waals surface area contributed by atoms with Crippen LogP contribution in [0.4, 0.5) is 0 Å². The third-order valence-corrected chi connectivity index (χ3v) is 5.03. The molecule has 114 valence electrons. The minimum atomic E-state index is 0.345. The van der Waals surface area contributed by atoms with Gasteiger partial charge in [0.25, 0.3) is 0 Å². The maximum atomic E-state index is 5.51. The number of hydrogen-bond donors (Lipinski definition) is 0. The Morgan fingerprint density at radius 3 is 2.45 bits per heavy atom. The van der Waals surface area contributed by atoms with E-state index in [0.717, 1.165) is 5.75 Å². The van der Waals surface area contributed by atoms with Crippen LogP contribution < -0.4 is 10.3 Å². The summed E-state index contributed by atoms with van der Waals surface area (Å²) in [6.45, 7) is 9.15. The summed E-state index contributed by atoms with van der Waals surface area (Å²) in [7, 11) is 3.86. The van der Waals surface area contributed by atoms with Crippen molar-refractivity contribution in [2.75, 3.05) is 14.2 Å². The van der Waals surface area contributed by atoms with Crippen molar-refractivity contribution in [3.8, 4) is 16.9 Å². The van der Waals surface area contributed by atoms with Gasteiger partial charge in [-0.1, -0.05) is 19.0 Å². The number of rotatable bonds is 2. The van der Waals surface area contributed by atoms with Gasteiger partial charge in [-0.25, -0.2) is 0 Å². The van der Waals surface area contributed by atoms with Gasteiger partial charge in [0, 0.05) is 23.7 Å². The van der Waals surface area contributed by atoms with Crippen LogP contribution in [0.3, 0.4) is 0 Å². The number of methoxy groups -OCH3 is 1. The summed E-state index contributed by atoms with van der Waals surface area (Å²) in [5, 5.41) is 0. The van der Waals surface area contributed by atoms with Gasteiger partial charge in [-0.05, 0) is 56.1 Å². The zero-order valence-corrected chi connectivity index (χ0v) is 14.3. The number of benzene rings is 1. The van der Waals surface area contributed by atoms with Crippen LogP contribution in [0.25, 0.3) is 17.3 Å². The van der Waals surface area contributed by atoms with E-state index in [1.165, 1.54) is 33.5 Å². The Labute approximate surface area is 133 Å². The summed E-state index contributed by atoms with van der Waals surface area (Å²) < 4.78 is 7.84. The molecule has 4 heteroatoms. The molecule has 0 aliphatic carbocycles. The van der Waals surface area contributed by atoms with Crippen LogP contribution in [0.5, 0.6) is 5.75 Å². The van der Waals surface area contributed by atoms with E-state index in [1.54, 1.807) is 7.11 Å². The van der Waals surface area contributed by atoms with E-state index in [4.69, 9.17) is 4.74 Å². The van der Waals surface area contributed by atoms with Crippen molar-refractivity contribution >= 4 is 18.6 Å². The van der Waals surface area contributed by atoms with Crippen LogP contribution in [0.2, 0.25) is 6.82 Å². The highest BCUT2D eigenvalue weighted by atomic mass is 16.5. The lowest BCUT2D eigenvalue weighted by Crippen LogP contribution is -2.47. The number of fused-ring (bicyclic) bond motifs is 1. The highest BCUT2D eigenvalue weighted by Crippen LogP contribution is 2.34. The topological polar surface area (TPSA) is 17.4 Å². The maximum absolute atomic E-state index is 5.51. The molecule has 1 aliphatic heterocycles. The third-order valence-electron chi connectivity index (χ3n) is 5.03. The summed E-state index contributed by atoms with van der Waals surface area (Å²) in [4.78, 5) is 2.26. The van der Waals surface area contributed by atoms with Crippen LogP contribution in [0.1, 0.15) is 16.8 Å². The maximum Gasteiger partial charge on any atom is 0.304 e. The lowest BCUT2D eigenvalue weighted by molar-refractivity contribution is 0.412. The molecule has 0 N–H and O–H groups in total. The normalized spacial score (nSPS) is 13.5. The van der Waals surface area contributed by atoms with E-state index in [1.807, 2.05) is 6.07 Å². The molecule has 2 aromatic rings. The molecular weight excluding hydrogens is 271 g/mol. The van der Waals surface area contributed by atoms with Crippen LogP contribution in [0.15, 0.2) is 24.4 Å². The zero-order chi connectivity index (χ0) is 16.0. The first-order valence-corrected chi connectivity index (χ1v) is 7.72. The van der Waals surface area contributed by atoms with Crippen molar-refractivity contribution in [2.24, 2.45) is 0 Å². The monoisotopic (exact) mass is 294 g/mol. The molecule has 1 aliphatic rings. The molecule has 0 atom stereocenters. The molecule has 1 aromatic carbocycles. The van der Waals surface area contributed by atoms with Crippen LogP contribution >= 0.6 is 0 Å². The first-order chi connectivity index (χ1) is 10.5. The van der Waals surface area contributed by atoms with Crippen LogP contribution in [-0.2, 0) is 0 Å². The molecule has 0 bridgehead atoms. The van der Waals surface area contributed by atoms with Crippen molar-refractivity contribution in [3.63, 3.8) is 0 Å². The molecule has 1 aromatic heterocycles. The fourth-order valence-electron chi connectivity index (χ4n) is 3.40. The molecule has 0 spiro atoms. The molecule has 0 saturated carbocycles. The second kappa shape index (κ2) is 5.27. The number of ether oxygens (including phenoxy) is 1. The average Bonchev–Trinajstić information content (AvgIpc) is 2.76. The van der Waals surface area contributed by atoms with E-state index < -0.39 is 0 Å². The van der Waals surface area contributed by atoms with E-state index in [2.05, 4.69) is 68.6 Å². The Balaban J connectivity index is 2.32. The SMILES string of the molecule is COc1cccc(-c2c(C)c(C)n3c2B(C)N(C)C=C3)c1C. The van der Waals surface area contributed by atoms with Gasteiger partial charge in [0.05, 0.1) is 7.11 Å². The number of aromatic nitrogens is 1. The van der Waals surface area contributed by atoms with E-state index in [-0.39, 0.29) is 0 Å². The van der Waals surface area contributed by atoms with Gasteiger partial charge in [0.1, 0.15) is 5.75 Å². The lowest BCUT2D eigenvalue weighted by atomic mass is 9.57. The van der Waals surface area contributed by atoms with Crippen LogP contribution in [-0.4, -0.2) is 30.4 Å². The quantitative estimate of drug-likeness (QED) is 0.791. The third kappa shape index (κ3) is 1.97. The molecule has 0 saturated heterocycles. The summed E-state index contributed by atoms with van der Waals surface area (Å²) in [5.41, 5.74) is 7.82. The Kier molecular flexibility index (Phi) is 3.55. The molecule has 3 rings (SSSR count). The molecule has 2 heterocycles. The van der Waals surface area contributed by atoms with Gasteiger partial charge in [-0.3, -0.25) is 0 Å². The standard InChI is InChI=1S/C18H23BN2O/c1-12-14(3)21-11-10-20(5)19(4)18(21)17(12)15-8-7-9-16(22-6)13(15)2/h7-11H,1-6H3. The molecule has 3 nitrogen and oxygen atoms in total. The number of nitrogens with zero attached hydrogens (tertiary/aromatic N) is 2. The van der Waals surface area contributed by atoms with Gasteiger partial charge in [-0.15, -0.1) is 0 Å².